The third-order valence-corrected chi connectivity index (χ3v) is 6.17. The maximum atomic E-state index is 12.7. The van der Waals surface area contributed by atoms with Gasteiger partial charge < -0.3 is 4.74 Å². The summed E-state index contributed by atoms with van der Waals surface area (Å²) in [6, 6.07) is 16.1. The first-order chi connectivity index (χ1) is 12.9. The molecule has 1 heterocycles. The molecule has 0 radical (unpaired) electrons. The van der Waals surface area contributed by atoms with Gasteiger partial charge in [0.05, 0.1) is 17.8 Å². The molecule has 0 spiro atoms. The van der Waals surface area contributed by atoms with Gasteiger partial charge in [0, 0.05) is 18.3 Å². The first-order valence-electron chi connectivity index (χ1n) is 8.25. The van der Waals surface area contributed by atoms with Gasteiger partial charge in [0.25, 0.3) is 0 Å². The highest BCUT2D eigenvalue weighted by molar-refractivity contribution is 7.89. The van der Waals surface area contributed by atoms with E-state index in [1.54, 1.807) is 44.5 Å². The average Bonchev–Trinajstić information content (AvgIpc) is 2.66. The molecule has 7 heteroatoms. The van der Waals surface area contributed by atoms with E-state index in [0.717, 1.165) is 16.9 Å². The van der Waals surface area contributed by atoms with Crippen molar-refractivity contribution in [2.24, 2.45) is 0 Å². The number of nitrogens with zero attached hydrogens (tertiary/aromatic N) is 1. The zero-order chi connectivity index (χ0) is 19.4. The summed E-state index contributed by atoms with van der Waals surface area (Å²) < 4.78 is 33.3. The van der Waals surface area contributed by atoms with Gasteiger partial charge in [0.2, 0.25) is 10.0 Å². The number of halogens is 1. The number of hydrogen-bond donors (Lipinski definition) is 1. The van der Waals surface area contributed by atoms with Gasteiger partial charge >= 0.3 is 0 Å². The standard InChI is InChI=1S/C20H19ClN2O3S/c1-14-5-3-7-18(21)20(14)27(24,25)23-13-16-6-4-12-22-19(16)15-8-10-17(26-2)11-9-15/h3-12,23H,13H2,1-2H3. The van der Waals surface area contributed by atoms with Crippen LogP contribution in [-0.2, 0) is 16.6 Å². The van der Waals surface area contributed by atoms with Crippen molar-refractivity contribution in [3.63, 3.8) is 0 Å². The van der Waals surface area contributed by atoms with Gasteiger partial charge in [-0.05, 0) is 54.4 Å². The highest BCUT2D eigenvalue weighted by Crippen LogP contribution is 2.26. The van der Waals surface area contributed by atoms with Gasteiger partial charge in [-0.1, -0.05) is 29.8 Å². The molecule has 0 saturated carbocycles. The Morgan fingerprint density at radius 1 is 1.07 bits per heavy atom. The van der Waals surface area contributed by atoms with Crippen LogP contribution >= 0.6 is 11.6 Å². The third kappa shape index (κ3) is 4.30. The lowest BCUT2D eigenvalue weighted by molar-refractivity contribution is 0.415. The van der Waals surface area contributed by atoms with Gasteiger partial charge in [-0.3, -0.25) is 4.98 Å². The summed E-state index contributed by atoms with van der Waals surface area (Å²) >= 11 is 6.11. The van der Waals surface area contributed by atoms with Crippen molar-refractivity contribution >= 4 is 21.6 Å². The van der Waals surface area contributed by atoms with Gasteiger partial charge in [-0.15, -0.1) is 0 Å². The lowest BCUT2D eigenvalue weighted by Gasteiger charge is -2.13. The fraction of sp³-hybridized carbons (Fsp3) is 0.150. The van der Waals surface area contributed by atoms with Crippen LogP contribution in [0.15, 0.2) is 65.7 Å². The van der Waals surface area contributed by atoms with Crippen LogP contribution < -0.4 is 9.46 Å². The van der Waals surface area contributed by atoms with Crippen molar-refractivity contribution in [3.05, 3.63) is 76.9 Å². The Balaban J connectivity index is 1.88. The summed E-state index contributed by atoms with van der Waals surface area (Å²) in [4.78, 5) is 4.51. The molecule has 1 N–H and O–H groups in total. The molecular formula is C20H19ClN2O3S. The predicted octanol–water partition coefficient (Wildman–Crippen LogP) is 4.20. The number of benzene rings is 2. The Bertz CT molecular complexity index is 1030. The Labute approximate surface area is 164 Å². The van der Waals surface area contributed by atoms with Crippen molar-refractivity contribution < 1.29 is 13.2 Å². The molecule has 27 heavy (non-hydrogen) atoms. The quantitative estimate of drug-likeness (QED) is 0.671. The third-order valence-electron chi connectivity index (χ3n) is 4.14. The number of ether oxygens (including phenoxy) is 1. The smallest absolute Gasteiger partial charge is 0.242 e. The molecule has 0 amide bonds. The van der Waals surface area contributed by atoms with E-state index in [4.69, 9.17) is 16.3 Å². The number of rotatable bonds is 6. The molecule has 3 aromatic rings. The van der Waals surface area contributed by atoms with Crippen molar-refractivity contribution in [2.75, 3.05) is 7.11 Å². The SMILES string of the molecule is COc1ccc(-c2ncccc2CNS(=O)(=O)c2c(C)cccc2Cl)cc1. The summed E-state index contributed by atoms with van der Waals surface area (Å²) in [7, 11) is -2.16. The van der Waals surface area contributed by atoms with E-state index in [1.807, 2.05) is 30.3 Å². The van der Waals surface area contributed by atoms with E-state index < -0.39 is 10.0 Å². The number of sulfonamides is 1. The minimum atomic E-state index is -3.76. The van der Waals surface area contributed by atoms with Crippen LogP contribution in [0.4, 0.5) is 0 Å². The second-order valence-electron chi connectivity index (χ2n) is 5.95. The summed E-state index contributed by atoms with van der Waals surface area (Å²) in [5, 5.41) is 0.198. The maximum Gasteiger partial charge on any atom is 0.242 e. The molecule has 0 atom stereocenters. The zero-order valence-electron chi connectivity index (χ0n) is 14.9. The van der Waals surface area contributed by atoms with Gasteiger partial charge in [-0.2, -0.15) is 0 Å². The molecule has 1 aromatic heterocycles. The van der Waals surface area contributed by atoms with E-state index in [9.17, 15) is 8.42 Å². The molecule has 0 fully saturated rings. The normalized spacial score (nSPS) is 11.4. The van der Waals surface area contributed by atoms with Crippen LogP contribution in [0, 0.1) is 6.92 Å². The van der Waals surface area contributed by atoms with Crippen molar-refractivity contribution in [2.45, 2.75) is 18.4 Å². The minimum Gasteiger partial charge on any atom is -0.497 e. The van der Waals surface area contributed by atoms with Crippen molar-refractivity contribution in [3.8, 4) is 17.0 Å². The van der Waals surface area contributed by atoms with E-state index in [-0.39, 0.29) is 16.5 Å². The molecule has 0 bridgehead atoms. The number of aromatic nitrogens is 1. The molecule has 3 rings (SSSR count). The Morgan fingerprint density at radius 2 is 1.81 bits per heavy atom. The summed E-state index contributed by atoms with van der Waals surface area (Å²) in [6.45, 7) is 1.81. The monoisotopic (exact) mass is 402 g/mol. The van der Waals surface area contributed by atoms with Crippen LogP contribution in [-0.4, -0.2) is 20.5 Å². The highest BCUT2D eigenvalue weighted by Gasteiger charge is 2.20. The topological polar surface area (TPSA) is 68.3 Å². The molecule has 0 aliphatic rings. The Morgan fingerprint density at radius 3 is 2.48 bits per heavy atom. The van der Waals surface area contributed by atoms with E-state index in [2.05, 4.69) is 9.71 Å². The minimum absolute atomic E-state index is 0.0987. The number of hydrogen-bond acceptors (Lipinski definition) is 4. The van der Waals surface area contributed by atoms with Crippen LogP contribution in [0.5, 0.6) is 5.75 Å². The number of aryl methyl sites for hydroxylation is 1. The fourth-order valence-electron chi connectivity index (χ4n) is 2.79. The molecule has 0 aliphatic carbocycles. The van der Waals surface area contributed by atoms with E-state index in [0.29, 0.717) is 11.3 Å². The second-order valence-corrected chi connectivity index (χ2v) is 8.06. The van der Waals surface area contributed by atoms with Crippen molar-refractivity contribution in [1.29, 1.82) is 0 Å². The highest BCUT2D eigenvalue weighted by atomic mass is 35.5. The second kappa shape index (κ2) is 8.08. The number of pyridine rings is 1. The fourth-order valence-corrected chi connectivity index (χ4v) is 4.63. The lowest BCUT2D eigenvalue weighted by atomic mass is 10.1. The molecule has 0 aliphatic heterocycles. The van der Waals surface area contributed by atoms with Crippen molar-refractivity contribution in [1.82, 2.24) is 9.71 Å². The molecule has 0 saturated heterocycles. The molecular weight excluding hydrogens is 384 g/mol. The Hall–Kier alpha value is -2.41. The largest absolute Gasteiger partial charge is 0.497 e. The number of methoxy groups -OCH3 is 1. The maximum absolute atomic E-state index is 12.7. The van der Waals surface area contributed by atoms with E-state index >= 15 is 0 Å². The molecule has 2 aromatic carbocycles. The number of nitrogens with one attached hydrogen (secondary N) is 1. The van der Waals surface area contributed by atoms with Gasteiger partial charge in [-0.25, -0.2) is 13.1 Å². The van der Waals surface area contributed by atoms with Crippen LogP contribution in [0.25, 0.3) is 11.3 Å². The summed E-state index contributed by atoms with van der Waals surface area (Å²) in [6.07, 6.45) is 1.68. The summed E-state index contributed by atoms with van der Waals surface area (Å²) in [5.74, 6) is 0.742. The van der Waals surface area contributed by atoms with Gasteiger partial charge in [0.15, 0.2) is 0 Å². The zero-order valence-corrected chi connectivity index (χ0v) is 16.5. The van der Waals surface area contributed by atoms with Gasteiger partial charge in [0.1, 0.15) is 10.6 Å². The molecule has 0 unspecified atom stereocenters. The Kier molecular flexibility index (Phi) is 5.79. The van der Waals surface area contributed by atoms with E-state index in [1.165, 1.54) is 0 Å². The molecule has 140 valence electrons. The van der Waals surface area contributed by atoms with Crippen LogP contribution in [0.1, 0.15) is 11.1 Å². The predicted molar refractivity (Wildman–Crippen MR) is 106 cm³/mol. The summed E-state index contributed by atoms with van der Waals surface area (Å²) in [5.41, 5.74) is 2.94. The first kappa shape index (κ1) is 19.4. The average molecular weight is 403 g/mol. The van der Waals surface area contributed by atoms with Crippen LogP contribution in [0.3, 0.4) is 0 Å². The first-order valence-corrected chi connectivity index (χ1v) is 10.1. The molecule has 5 nitrogen and oxygen atoms in total. The lowest BCUT2D eigenvalue weighted by Crippen LogP contribution is -2.24. The van der Waals surface area contributed by atoms with Crippen LogP contribution in [0.2, 0.25) is 5.02 Å².